The van der Waals surface area contributed by atoms with Crippen LogP contribution in [0, 0.1) is 0 Å². The van der Waals surface area contributed by atoms with Crippen molar-refractivity contribution < 1.29 is 27.5 Å². The van der Waals surface area contributed by atoms with E-state index in [2.05, 4.69) is 0 Å². The number of carbonyl (C=O) groups is 2. The lowest BCUT2D eigenvalue weighted by molar-refractivity contribution is -0.134. The molecule has 0 radical (unpaired) electrons. The Hall–Kier alpha value is -2.17. The molecule has 9 nitrogen and oxygen atoms in total. The van der Waals surface area contributed by atoms with Crippen molar-refractivity contribution in [2.75, 3.05) is 64.0 Å². The predicted molar refractivity (Wildman–Crippen MR) is 120 cm³/mol. The molecule has 32 heavy (non-hydrogen) atoms. The Balaban J connectivity index is 1.88. The lowest BCUT2D eigenvalue weighted by Gasteiger charge is -2.31. The van der Waals surface area contributed by atoms with Gasteiger partial charge in [0, 0.05) is 39.3 Å². The Morgan fingerprint density at radius 3 is 2.31 bits per heavy atom. The van der Waals surface area contributed by atoms with Crippen molar-refractivity contribution in [3.63, 3.8) is 0 Å². The minimum atomic E-state index is -3.71. The number of carbonyl (C=O) groups excluding carboxylic acids is 2. The van der Waals surface area contributed by atoms with Gasteiger partial charge in [0.2, 0.25) is 10.0 Å². The molecule has 0 aromatic heterocycles. The highest BCUT2D eigenvalue weighted by Gasteiger charge is 2.29. The molecule has 178 valence electrons. The molecule has 1 aromatic carbocycles. The molecule has 0 saturated carbocycles. The molecule has 0 atom stereocenters. The van der Waals surface area contributed by atoms with E-state index in [1.54, 1.807) is 17.0 Å². The summed E-state index contributed by atoms with van der Waals surface area (Å²) in [6.45, 7) is 7.52. The van der Waals surface area contributed by atoms with Crippen LogP contribution in [0.4, 0.5) is 5.69 Å². The maximum atomic E-state index is 13.2. The third-order valence-corrected chi connectivity index (χ3v) is 7.83. The van der Waals surface area contributed by atoms with Crippen molar-refractivity contribution >= 4 is 27.6 Å². The Morgan fingerprint density at radius 1 is 1.03 bits per heavy atom. The zero-order valence-electron chi connectivity index (χ0n) is 18.9. The molecule has 2 heterocycles. The third kappa shape index (κ3) is 5.60. The standard InChI is InChI=1S/C22H33N3O6S/c1-3-23(4-2)21(26)17-31-22(27)19-16-18(32(28,29)25-10-6-5-7-11-25)8-9-20(19)24-12-14-30-15-13-24/h8-9,16H,3-7,10-15,17H2,1-2H3. The Kier molecular flexibility index (Phi) is 8.50. The minimum Gasteiger partial charge on any atom is -0.452 e. The number of piperidine rings is 1. The molecule has 0 aliphatic carbocycles. The largest absolute Gasteiger partial charge is 0.452 e. The van der Waals surface area contributed by atoms with E-state index in [1.807, 2.05) is 18.7 Å². The number of anilines is 1. The SMILES string of the molecule is CCN(CC)C(=O)COC(=O)c1cc(S(=O)(=O)N2CCCCC2)ccc1N1CCOCC1. The molecule has 2 fully saturated rings. The van der Waals surface area contributed by atoms with Gasteiger partial charge in [-0.15, -0.1) is 0 Å². The number of sulfonamides is 1. The lowest BCUT2D eigenvalue weighted by Crippen LogP contribution is -2.38. The number of benzene rings is 1. The molecule has 2 saturated heterocycles. The summed E-state index contributed by atoms with van der Waals surface area (Å²) in [6.07, 6.45) is 2.67. The molecule has 1 amide bonds. The van der Waals surface area contributed by atoms with Gasteiger partial charge in [0.15, 0.2) is 6.61 Å². The van der Waals surface area contributed by atoms with E-state index in [0.717, 1.165) is 19.3 Å². The van der Waals surface area contributed by atoms with Crippen molar-refractivity contribution in [2.24, 2.45) is 0 Å². The van der Waals surface area contributed by atoms with E-state index in [0.29, 0.717) is 58.2 Å². The number of ether oxygens (including phenoxy) is 2. The summed E-state index contributed by atoms with van der Waals surface area (Å²) in [4.78, 5) is 28.9. The quantitative estimate of drug-likeness (QED) is 0.537. The Morgan fingerprint density at radius 2 is 1.69 bits per heavy atom. The molecular weight excluding hydrogens is 434 g/mol. The predicted octanol–water partition coefficient (Wildman–Crippen LogP) is 1.72. The minimum absolute atomic E-state index is 0.0680. The van der Waals surface area contributed by atoms with Crippen LogP contribution in [0.1, 0.15) is 43.5 Å². The molecule has 3 rings (SSSR count). The van der Waals surface area contributed by atoms with E-state index in [9.17, 15) is 18.0 Å². The number of likely N-dealkylation sites (N-methyl/N-ethyl adjacent to an activating group) is 1. The number of esters is 1. The third-order valence-electron chi connectivity index (χ3n) is 5.94. The van der Waals surface area contributed by atoms with E-state index < -0.39 is 16.0 Å². The van der Waals surface area contributed by atoms with Crippen molar-refractivity contribution in [1.29, 1.82) is 0 Å². The molecule has 0 unspecified atom stereocenters. The normalized spacial score (nSPS) is 17.8. The topological polar surface area (TPSA) is 96.5 Å². The Bertz CT molecular complexity index is 904. The highest BCUT2D eigenvalue weighted by molar-refractivity contribution is 7.89. The zero-order chi connectivity index (χ0) is 23.1. The van der Waals surface area contributed by atoms with Crippen molar-refractivity contribution in [3.8, 4) is 0 Å². The first-order chi connectivity index (χ1) is 15.4. The summed E-state index contributed by atoms with van der Waals surface area (Å²) in [7, 11) is -3.71. The summed E-state index contributed by atoms with van der Waals surface area (Å²) < 4.78 is 38.5. The molecule has 0 bridgehead atoms. The van der Waals surface area contributed by atoms with Crippen LogP contribution in [-0.2, 0) is 24.3 Å². The Labute approximate surface area is 190 Å². The van der Waals surface area contributed by atoms with E-state index in [1.165, 1.54) is 10.4 Å². The molecule has 2 aliphatic rings. The summed E-state index contributed by atoms with van der Waals surface area (Å²) in [5, 5.41) is 0. The molecule has 2 aliphatic heterocycles. The summed E-state index contributed by atoms with van der Waals surface area (Å²) in [6, 6.07) is 4.59. The zero-order valence-corrected chi connectivity index (χ0v) is 19.7. The van der Waals surface area contributed by atoms with Crippen molar-refractivity contribution in [1.82, 2.24) is 9.21 Å². The van der Waals surface area contributed by atoms with E-state index in [4.69, 9.17) is 9.47 Å². The van der Waals surface area contributed by atoms with Crippen LogP contribution in [0.2, 0.25) is 0 Å². The van der Waals surface area contributed by atoms with Crippen LogP contribution in [0.15, 0.2) is 23.1 Å². The smallest absolute Gasteiger partial charge is 0.340 e. The highest BCUT2D eigenvalue weighted by Crippen LogP contribution is 2.28. The van der Waals surface area contributed by atoms with Gasteiger partial charge in [0.05, 0.1) is 29.4 Å². The van der Waals surface area contributed by atoms with Gasteiger partial charge >= 0.3 is 5.97 Å². The number of hydrogen-bond donors (Lipinski definition) is 0. The van der Waals surface area contributed by atoms with Crippen LogP contribution >= 0.6 is 0 Å². The highest BCUT2D eigenvalue weighted by atomic mass is 32.2. The molecular formula is C22H33N3O6S. The van der Waals surface area contributed by atoms with E-state index >= 15 is 0 Å². The van der Waals surface area contributed by atoms with Gasteiger partial charge in [0.25, 0.3) is 5.91 Å². The molecule has 1 aromatic rings. The number of rotatable bonds is 8. The van der Waals surface area contributed by atoms with Gasteiger partial charge in [-0.25, -0.2) is 13.2 Å². The molecule has 0 spiro atoms. The van der Waals surface area contributed by atoms with Crippen molar-refractivity contribution in [3.05, 3.63) is 23.8 Å². The lowest BCUT2D eigenvalue weighted by atomic mass is 10.1. The van der Waals surface area contributed by atoms with Gasteiger partial charge in [-0.3, -0.25) is 4.79 Å². The van der Waals surface area contributed by atoms with Gasteiger partial charge in [0.1, 0.15) is 0 Å². The number of morpholine rings is 1. The first-order valence-electron chi connectivity index (χ1n) is 11.3. The van der Waals surface area contributed by atoms with Crippen LogP contribution in [0.3, 0.4) is 0 Å². The monoisotopic (exact) mass is 467 g/mol. The fourth-order valence-corrected chi connectivity index (χ4v) is 5.59. The van der Waals surface area contributed by atoms with Crippen molar-refractivity contribution in [2.45, 2.75) is 38.0 Å². The van der Waals surface area contributed by atoms with Gasteiger partial charge in [-0.05, 0) is 44.9 Å². The fourth-order valence-electron chi connectivity index (χ4n) is 4.05. The number of nitrogens with zero attached hydrogens (tertiary/aromatic N) is 3. The van der Waals surface area contributed by atoms with E-state index in [-0.39, 0.29) is 23.0 Å². The van der Waals surface area contributed by atoms with Gasteiger partial charge < -0.3 is 19.3 Å². The van der Waals surface area contributed by atoms with Crippen LogP contribution in [0.25, 0.3) is 0 Å². The summed E-state index contributed by atoms with van der Waals surface area (Å²) in [5.41, 5.74) is 0.739. The number of hydrogen-bond acceptors (Lipinski definition) is 7. The maximum absolute atomic E-state index is 13.2. The van der Waals surface area contributed by atoms with Gasteiger partial charge in [-0.2, -0.15) is 4.31 Å². The second kappa shape index (κ2) is 11.1. The summed E-state index contributed by atoms with van der Waals surface area (Å²) in [5.74, 6) is -0.990. The maximum Gasteiger partial charge on any atom is 0.340 e. The molecule has 10 heteroatoms. The van der Waals surface area contributed by atoms with Crippen LogP contribution < -0.4 is 4.90 Å². The second-order valence-corrected chi connectivity index (χ2v) is 9.82. The van der Waals surface area contributed by atoms with Crippen LogP contribution in [0.5, 0.6) is 0 Å². The fraction of sp³-hybridized carbons (Fsp3) is 0.636. The second-order valence-electron chi connectivity index (χ2n) is 7.89. The number of amides is 1. The van der Waals surface area contributed by atoms with Crippen LogP contribution in [-0.4, -0.2) is 88.6 Å². The van der Waals surface area contributed by atoms with Gasteiger partial charge in [-0.1, -0.05) is 6.42 Å². The average Bonchev–Trinajstić information content (AvgIpc) is 2.84. The first kappa shape index (κ1) is 24.5. The first-order valence-corrected chi connectivity index (χ1v) is 12.7. The molecule has 0 N–H and O–H groups in total. The average molecular weight is 468 g/mol. The summed E-state index contributed by atoms with van der Waals surface area (Å²) >= 11 is 0.